The molecule has 3 rings (SSSR count). The molecule has 1 aliphatic heterocycles. The lowest BCUT2D eigenvalue weighted by molar-refractivity contribution is -0.143. The van der Waals surface area contributed by atoms with Gasteiger partial charge in [0, 0.05) is 5.56 Å². The number of imide groups is 1. The molecule has 0 atom stereocenters. The summed E-state index contributed by atoms with van der Waals surface area (Å²) in [6.07, 6.45) is 1.51. The van der Waals surface area contributed by atoms with Gasteiger partial charge in [-0.2, -0.15) is 5.26 Å². The molecule has 0 saturated carbocycles. The van der Waals surface area contributed by atoms with E-state index in [9.17, 15) is 14.4 Å². The van der Waals surface area contributed by atoms with E-state index in [0.29, 0.717) is 16.9 Å². The molecule has 2 aromatic rings. The molecule has 8 nitrogen and oxygen atoms in total. The van der Waals surface area contributed by atoms with Gasteiger partial charge in [0.15, 0.2) is 0 Å². The molecule has 29 heavy (non-hydrogen) atoms. The van der Waals surface area contributed by atoms with Crippen LogP contribution in [0, 0.1) is 11.3 Å². The molecule has 0 bridgehead atoms. The molecule has 1 fully saturated rings. The van der Waals surface area contributed by atoms with Crippen molar-refractivity contribution < 1.29 is 23.9 Å². The number of carbonyl (C=O) groups excluding carboxylic acids is 3. The number of urea groups is 1. The summed E-state index contributed by atoms with van der Waals surface area (Å²) in [6.45, 7) is -0.198. The molecule has 0 spiro atoms. The number of esters is 1. The third-order valence-electron chi connectivity index (χ3n) is 4.20. The van der Waals surface area contributed by atoms with Crippen molar-refractivity contribution in [2.75, 3.05) is 13.7 Å². The number of hydrogen-bond donors (Lipinski definition) is 1. The van der Waals surface area contributed by atoms with E-state index < -0.39 is 24.5 Å². The highest BCUT2D eigenvalue weighted by molar-refractivity contribution is 6.15. The second-order valence-corrected chi connectivity index (χ2v) is 6.08. The molecule has 0 unspecified atom stereocenters. The minimum absolute atomic E-state index is 0.0653. The van der Waals surface area contributed by atoms with Crippen LogP contribution < -0.4 is 10.1 Å². The predicted octanol–water partition coefficient (Wildman–Crippen LogP) is 2.20. The van der Waals surface area contributed by atoms with Crippen LogP contribution in [0.15, 0.2) is 54.2 Å². The summed E-state index contributed by atoms with van der Waals surface area (Å²) in [5.41, 5.74) is 2.07. The van der Waals surface area contributed by atoms with Gasteiger partial charge in [-0.1, -0.05) is 30.3 Å². The first-order valence-corrected chi connectivity index (χ1v) is 8.64. The standard InChI is InChI=1S/C21H17N3O5/c1-28-19(25)12-24-20(26)18(23-21(24)27)10-14-6-8-17(9-7-14)29-13-16-5-3-2-4-15(16)11-22/h2-10H,12-13H2,1H3,(H,23,27). The zero-order valence-corrected chi connectivity index (χ0v) is 15.5. The van der Waals surface area contributed by atoms with Crippen LogP contribution >= 0.6 is 0 Å². The van der Waals surface area contributed by atoms with Crippen LogP contribution in [0.4, 0.5) is 4.79 Å². The van der Waals surface area contributed by atoms with Crippen molar-refractivity contribution in [3.05, 3.63) is 70.9 Å². The Bertz CT molecular complexity index is 1020. The summed E-state index contributed by atoms with van der Waals surface area (Å²) >= 11 is 0. The van der Waals surface area contributed by atoms with E-state index >= 15 is 0 Å². The highest BCUT2D eigenvalue weighted by Gasteiger charge is 2.35. The quantitative estimate of drug-likeness (QED) is 0.459. The number of amides is 3. The zero-order chi connectivity index (χ0) is 20.8. The molecular formula is C21H17N3O5. The fourth-order valence-corrected chi connectivity index (χ4v) is 2.65. The Morgan fingerprint density at radius 2 is 1.90 bits per heavy atom. The average Bonchev–Trinajstić information content (AvgIpc) is 3.00. The van der Waals surface area contributed by atoms with Gasteiger partial charge in [0.2, 0.25) is 0 Å². The van der Waals surface area contributed by atoms with Gasteiger partial charge in [0.25, 0.3) is 5.91 Å². The first-order valence-electron chi connectivity index (χ1n) is 8.64. The van der Waals surface area contributed by atoms with Gasteiger partial charge in [0.05, 0.1) is 18.7 Å². The molecule has 3 amide bonds. The molecule has 0 aliphatic carbocycles. The largest absolute Gasteiger partial charge is 0.489 e. The lowest BCUT2D eigenvalue weighted by Crippen LogP contribution is -2.36. The lowest BCUT2D eigenvalue weighted by Gasteiger charge is -2.09. The van der Waals surface area contributed by atoms with E-state index in [2.05, 4.69) is 16.1 Å². The van der Waals surface area contributed by atoms with E-state index in [1.807, 2.05) is 12.1 Å². The van der Waals surface area contributed by atoms with Crippen LogP contribution in [-0.4, -0.2) is 36.5 Å². The van der Waals surface area contributed by atoms with E-state index in [1.165, 1.54) is 13.2 Å². The second-order valence-electron chi connectivity index (χ2n) is 6.08. The van der Waals surface area contributed by atoms with E-state index in [1.54, 1.807) is 36.4 Å². The maximum absolute atomic E-state index is 12.3. The SMILES string of the molecule is COC(=O)CN1C(=O)NC(=Cc2ccc(OCc3ccccc3C#N)cc2)C1=O. The molecular weight excluding hydrogens is 374 g/mol. The summed E-state index contributed by atoms with van der Waals surface area (Å²) in [4.78, 5) is 36.2. The molecule has 146 valence electrons. The minimum Gasteiger partial charge on any atom is -0.489 e. The monoisotopic (exact) mass is 391 g/mol. The number of methoxy groups -OCH3 is 1. The Morgan fingerprint density at radius 1 is 1.17 bits per heavy atom. The maximum atomic E-state index is 12.3. The van der Waals surface area contributed by atoms with Crippen molar-refractivity contribution in [3.63, 3.8) is 0 Å². The molecule has 1 heterocycles. The molecule has 1 aliphatic rings. The van der Waals surface area contributed by atoms with Gasteiger partial charge < -0.3 is 14.8 Å². The third-order valence-corrected chi connectivity index (χ3v) is 4.20. The second kappa shape index (κ2) is 8.71. The topological polar surface area (TPSA) is 109 Å². The highest BCUT2D eigenvalue weighted by atomic mass is 16.5. The van der Waals surface area contributed by atoms with Gasteiger partial charge in [-0.25, -0.2) is 9.69 Å². The van der Waals surface area contributed by atoms with Crippen LogP contribution in [0.1, 0.15) is 16.7 Å². The van der Waals surface area contributed by atoms with Gasteiger partial charge in [-0.05, 0) is 29.8 Å². The summed E-state index contributed by atoms with van der Waals surface area (Å²) < 4.78 is 10.2. The zero-order valence-electron chi connectivity index (χ0n) is 15.5. The Morgan fingerprint density at radius 3 is 2.59 bits per heavy atom. The number of nitrogens with one attached hydrogen (secondary N) is 1. The summed E-state index contributed by atoms with van der Waals surface area (Å²) in [7, 11) is 1.18. The number of hydrogen-bond acceptors (Lipinski definition) is 6. The first-order chi connectivity index (χ1) is 14.0. The maximum Gasteiger partial charge on any atom is 0.329 e. The molecule has 0 radical (unpaired) electrons. The fourth-order valence-electron chi connectivity index (χ4n) is 2.65. The lowest BCUT2D eigenvalue weighted by atomic mass is 10.1. The Labute approximate surface area is 166 Å². The van der Waals surface area contributed by atoms with E-state index in [-0.39, 0.29) is 12.3 Å². The number of ether oxygens (including phenoxy) is 2. The van der Waals surface area contributed by atoms with E-state index in [0.717, 1.165) is 10.5 Å². The Kier molecular flexibility index (Phi) is 5.90. The number of carbonyl (C=O) groups is 3. The summed E-state index contributed by atoms with van der Waals surface area (Å²) in [5.74, 6) is -0.697. The normalized spacial score (nSPS) is 14.5. The number of nitriles is 1. The summed E-state index contributed by atoms with van der Waals surface area (Å²) in [5, 5.41) is 11.5. The van der Waals surface area contributed by atoms with Crippen LogP contribution in [-0.2, 0) is 20.9 Å². The Hall–Kier alpha value is -4.12. The molecule has 2 aromatic carbocycles. The van der Waals surface area contributed by atoms with Crippen LogP contribution in [0.5, 0.6) is 5.75 Å². The highest BCUT2D eigenvalue weighted by Crippen LogP contribution is 2.19. The van der Waals surface area contributed by atoms with Crippen LogP contribution in [0.3, 0.4) is 0 Å². The smallest absolute Gasteiger partial charge is 0.329 e. The van der Waals surface area contributed by atoms with E-state index in [4.69, 9.17) is 10.00 Å². The number of rotatable bonds is 6. The Balaban J connectivity index is 1.66. The molecule has 1 N–H and O–H groups in total. The van der Waals surface area contributed by atoms with Crippen molar-refractivity contribution in [2.45, 2.75) is 6.61 Å². The minimum atomic E-state index is -0.686. The molecule has 0 aromatic heterocycles. The van der Waals surface area contributed by atoms with Crippen molar-refractivity contribution in [1.82, 2.24) is 10.2 Å². The van der Waals surface area contributed by atoms with Crippen molar-refractivity contribution in [3.8, 4) is 11.8 Å². The third kappa shape index (κ3) is 4.59. The molecule has 8 heteroatoms. The number of nitrogens with zero attached hydrogens (tertiary/aromatic N) is 2. The van der Waals surface area contributed by atoms with Crippen molar-refractivity contribution >= 4 is 24.0 Å². The van der Waals surface area contributed by atoms with Gasteiger partial charge in [0.1, 0.15) is 24.6 Å². The predicted molar refractivity (Wildman–Crippen MR) is 102 cm³/mol. The van der Waals surface area contributed by atoms with Crippen molar-refractivity contribution in [1.29, 1.82) is 5.26 Å². The first kappa shape index (κ1) is 19.6. The van der Waals surface area contributed by atoms with Gasteiger partial charge in [-0.3, -0.25) is 9.59 Å². The average molecular weight is 391 g/mol. The van der Waals surface area contributed by atoms with Crippen LogP contribution in [0.2, 0.25) is 0 Å². The molecule has 1 saturated heterocycles. The fraction of sp³-hybridized carbons (Fsp3) is 0.143. The van der Waals surface area contributed by atoms with Crippen LogP contribution in [0.25, 0.3) is 6.08 Å². The number of benzene rings is 2. The van der Waals surface area contributed by atoms with Crippen molar-refractivity contribution in [2.24, 2.45) is 0 Å². The summed E-state index contributed by atoms with van der Waals surface area (Å²) in [6, 6.07) is 15.5. The van der Waals surface area contributed by atoms with Gasteiger partial charge in [-0.15, -0.1) is 0 Å². The van der Waals surface area contributed by atoms with Gasteiger partial charge >= 0.3 is 12.0 Å².